The number of hydrogen-bond donors (Lipinski definition) is 0. The zero-order valence-corrected chi connectivity index (χ0v) is 9.28. The Labute approximate surface area is 96.1 Å². The highest BCUT2D eigenvalue weighted by Crippen LogP contribution is 2.32. The summed E-state index contributed by atoms with van der Waals surface area (Å²) in [6.45, 7) is 0. The maximum absolute atomic E-state index is 11.9. The Morgan fingerprint density at radius 1 is 1.40 bits per heavy atom. The molecule has 82 valence electrons. The molecule has 15 heavy (non-hydrogen) atoms. The van der Waals surface area contributed by atoms with E-state index in [0.29, 0.717) is 6.29 Å². The molecule has 2 nitrogen and oxygen atoms in total. The Morgan fingerprint density at radius 2 is 2.00 bits per heavy atom. The number of carbonyl (C=O) groups is 1. The van der Waals surface area contributed by atoms with Crippen LogP contribution in [0.4, 0.5) is 13.2 Å². The van der Waals surface area contributed by atoms with Crippen molar-refractivity contribution in [1.82, 2.24) is 0 Å². The van der Waals surface area contributed by atoms with Gasteiger partial charge in [0.25, 0.3) is 0 Å². The van der Waals surface area contributed by atoms with Crippen molar-refractivity contribution in [3.63, 3.8) is 0 Å². The minimum atomic E-state index is -4.80. The van der Waals surface area contributed by atoms with Crippen molar-refractivity contribution >= 4 is 33.8 Å². The van der Waals surface area contributed by atoms with Gasteiger partial charge in [-0.1, -0.05) is 11.6 Å². The SMILES string of the molecule is O=Cc1cc(OC(F)(F)F)cc(Br)c1Cl. The predicted octanol–water partition coefficient (Wildman–Crippen LogP) is 3.81. The van der Waals surface area contributed by atoms with Crippen LogP contribution in [0.2, 0.25) is 5.02 Å². The van der Waals surface area contributed by atoms with Gasteiger partial charge in [0.05, 0.1) is 5.02 Å². The van der Waals surface area contributed by atoms with Gasteiger partial charge in [-0.05, 0) is 28.1 Å². The third kappa shape index (κ3) is 3.39. The van der Waals surface area contributed by atoms with E-state index in [-0.39, 0.29) is 15.1 Å². The van der Waals surface area contributed by atoms with Gasteiger partial charge >= 0.3 is 6.36 Å². The zero-order chi connectivity index (χ0) is 11.6. The Bertz CT molecular complexity index is 392. The molecule has 0 spiro atoms. The van der Waals surface area contributed by atoms with Gasteiger partial charge in [0.2, 0.25) is 0 Å². The molecular formula is C8H3BrClF3O2. The van der Waals surface area contributed by atoms with Crippen molar-refractivity contribution in [2.24, 2.45) is 0 Å². The van der Waals surface area contributed by atoms with E-state index in [0.717, 1.165) is 12.1 Å². The van der Waals surface area contributed by atoms with Crippen LogP contribution in [0.1, 0.15) is 10.4 Å². The summed E-state index contributed by atoms with van der Waals surface area (Å²) >= 11 is 8.53. The highest BCUT2D eigenvalue weighted by Gasteiger charge is 2.31. The molecule has 0 aliphatic heterocycles. The van der Waals surface area contributed by atoms with Crippen LogP contribution in [0.3, 0.4) is 0 Å². The molecule has 1 rings (SSSR count). The van der Waals surface area contributed by atoms with Crippen molar-refractivity contribution in [3.8, 4) is 5.75 Å². The molecule has 0 aliphatic rings. The second-order valence-corrected chi connectivity index (χ2v) is 3.71. The van der Waals surface area contributed by atoms with Crippen molar-refractivity contribution in [3.05, 3.63) is 27.2 Å². The van der Waals surface area contributed by atoms with E-state index in [1.807, 2.05) is 0 Å². The monoisotopic (exact) mass is 302 g/mol. The molecule has 0 N–H and O–H groups in total. The van der Waals surface area contributed by atoms with Gasteiger partial charge in [0.1, 0.15) is 5.75 Å². The fourth-order valence-corrected chi connectivity index (χ4v) is 1.47. The average molecular weight is 303 g/mol. The summed E-state index contributed by atoms with van der Waals surface area (Å²) in [5.41, 5.74) is -0.0784. The normalized spacial score (nSPS) is 11.3. The van der Waals surface area contributed by atoms with Crippen LogP contribution in [-0.2, 0) is 0 Å². The fraction of sp³-hybridized carbons (Fsp3) is 0.125. The van der Waals surface area contributed by atoms with Crippen LogP contribution in [-0.4, -0.2) is 12.6 Å². The maximum atomic E-state index is 11.9. The molecule has 0 atom stereocenters. The number of benzene rings is 1. The Hall–Kier alpha value is -0.750. The minimum absolute atomic E-state index is 0.0412. The smallest absolute Gasteiger partial charge is 0.406 e. The van der Waals surface area contributed by atoms with Gasteiger partial charge in [-0.2, -0.15) is 0 Å². The molecule has 0 heterocycles. The van der Waals surface area contributed by atoms with Crippen LogP contribution in [0.5, 0.6) is 5.75 Å². The summed E-state index contributed by atoms with van der Waals surface area (Å²) in [6.07, 6.45) is -4.45. The van der Waals surface area contributed by atoms with E-state index in [9.17, 15) is 18.0 Å². The molecule has 0 fully saturated rings. The largest absolute Gasteiger partial charge is 0.573 e. The molecule has 0 unspecified atom stereocenters. The van der Waals surface area contributed by atoms with Crippen LogP contribution in [0, 0.1) is 0 Å². The molecule has 0 aliphatic carbocycles. The molecule has 7 heteroatoms. The lowest BCUT2D eigenvalue weighted by molar-refractivity contribution is -0.274. The molecule has 0 bridgehead atoms. The lowest BCUT2D eigenvalue weighted by Crippen LogP contribution is -2.17. The second kappa shape index (κ2) is 4.40. The first-order valence-corrected chi connectivity index (χ1v) is 4.70. The Morgan fingerprint density at radius 3 is 2.47 bits per heavy atom. The lowest BCUT2D eigenvalue weighted by Gasteiger charge is -2.10. The van der Waals surface area contributed by atoms with Crippen molar-refractivity contribution in [1.29, 1.82) is 0 Å². The van der Waals surface area contributed by atoms with Crippen LogP contribution in [0.15, 0.2) is 16.6 Å². The number of rotatable bonds is 2. The van der Waals surface area contributed by atoms with Crippen molar-refractivity contribution in [2.45, 2.75) is 6.36 Å². The topological polar surface area (TPSA) is 26.3 Å². The molecule has 0 amide bonds. The number of carbonyl (C=O) groups excluding carboxylic acids is 1. The number of aldehydes is 1. The molecule has 0 radical (unpaired) electrons. The number of halogens is 5. The summed E-state index contributed by atoms with van der Waals surface area (Å²) in [7, 11) is 0. The third-order valence-electron chi connectivity index (χ3n) is 1.39. The fourth-order valence-electron chi connectivity index (χ4n) is 0.863. The first-order valence-electron chi connectivity index (χ1n) is 3.53. The van der Waals surface area contributed by atoms with E-state index in [1.165, 1.54) is 0 Å². The number of hydrogen-bond acceptors (Lipinski definition) is 2. The third-order valence-corrected chi connectivity index (χ3v) is 2.67. The molecule has 0 aromatic heterocycles. The van der Waals surface area contributed by atoms with Crippen LogP contribution >= 0.6 is 27.5 Å². The second-order valence-electron chi connectivity index (χ2n) is 2.47. The molecule has 1 aromatic carbocycles. The van der Waals surface area contributed by atoms with E-state index in [1.54, 1.807) is 0 Å². The number of alkyl halides is 3. The summed E-state index contributed by atoms with van der Waals surface area (Å²) < 4.78 is 39.3. The molecular weight excluding hydrogens is 300 g/mol. The summed E-state index contributed by atoms with van der Waals surface area (Å²) in [5.74, 6) is -0.499. The van der Waals surface area contributed by atoms with Gasteiger partial charge < -0.3 is 4.74 Å². The highest BCUT2D eigenvalue weighted by atomic mass is 79.9. The van der Waals surface area contributed by atoms with E-state index >= 15 is 0 Å². The molecule has 0 saturated carbocycles. The average Bonchev–Trinajstić information content (AvgIpc) is 2.08. The Kier molecular flexibility index (Phi) is 3.62. The van der Waals surface area contributed by atoms with Crippen LogP contribution < -0.4 is 4.74 Å². The maximum Gasteiger partial charge on any atom is 0.573 e. The first-order chi connectivity index (χ1) is 6.83. The predicted molar refractivity (Wildman–Crippen MR) is 51.2 cm³/mol. The quantitative estimate of drug-likeness (QED) is 0.777. The highest BCUT2D eigenvalue weighted by molar-refractivity contribution is 9.10. The van der Waals surface area contributed by atoms with Gasteiger partial charge in [0.15, 0.2) is 6.29 Å². The van der Waals surface area contributed by atoms with Crippen LogP contribution in [0.25, 0.3) is 0 Å². The van der Waals surface area contributed by atoms with E-state index in [2.05, 4.69) is 20.7 Å². The number of ether oxygens (including phenoxy) is 1. The zero-order valence-electron chi connectivity index (χ0n) is 6.94. The Balaban J connectivity index is 3.11. The van der Waals surface area contributed by atoms with Gasteiger partial charge in [-0.15, -0.1) is 13.2 Å². The van der Waals surface area contributed by atoms with Crippen molar-refractivity contribution < 1.29 is 22.7 Å². The summed E-state index contributed by atoms with van der Waals surface area (Å²) in [6, 6.07) is 1.94. The van der Waals surface area contributed by atoms with Gasteiger partial charge in [0, 0.05) is 10.0 Å². The summed E-state index contributed by atoms with van der Waals surface area (Å²) in [4.78, 5) is 10.5. The van der Waals surface area contributed by atoms with Gasteiger partial charge in [-0.3, -0.25) is 4.79 Å². The minimum Gasteiger partial charge on any atom is -0.406 e. The molecule has 0 saturated heterocycles. The van der Waals surface area contributed by atoms with Crippen molar-refractivity contribution in [2.75, 3.05) is 0 Å². The van der Waals surface area contributed by atoms with E-state index in [4.69, 9.17) is 11.6 Å². The lowest BCUT2D eigenvalue weighted by atomic mass is 10.2. The first kappa shape index (κ1) is 12.3. The van der Waals surface area contributed by atoms with Gasteiger partial charge in [-0.25, -0.2) is 0 Å². The molecule has 1 aromatic rings. The summed E-state index contributed by atoms with van der Waals surface area (Å²) in [5, 5.41) is 0.0412. The standard InChI is InChI=1S/C8H3BrClF3O2/c9-6-2-5(15-8(11,12)13)1-4(3-14)7(6)10/h1-3H. The van der Waals surface area contributed by atoms with E-state index < -0.39 is 12.1 Å².